The molecule has 1 aromatic carbocycles. The molecule has 1 saturated heterocycles. The number of rotatable bonds is 7. The van der Waals surface area contributed by atoms with E-state index in [0.717, 1.165) is 32.1 Å². The van der Waals surface area contributed by atoms with E-state index in [1.165, 1.54) is 42.6 Å². The number of piperidine rings is 1. The Morgan fingerprint density at radius 2 is 1.74 bits per heavy atom. The van der Waals surface area contributed by atoms with Gasteiger partial charge in [-0.3, -0.25) is 4.79 Å². The van der Waals surface area contributed by atoms with Gasteiger partial charge in [-0.15, -0.1) is 0 Å². The summed E-state index contributed by atoms with van der Waals surface area (Å²) in [6.07, 6.45) is 7.64. The number of benzene rings is 1. The molecule has 1 unspecified atom stereocenters. The molecule has 2 fully saturated rings. The molecule has 1 heterocycles. The minimum absolute atomic E-state index is 0.0846. The van der Waals surface area contributed by atoms with Crippen LogP contribution in [0.15, 0.2) is 23.1 Å². The van der Waals surface area contributed by atoms with Crippen LogP contribution < -0.4 is 5.32 Å². The van der Waals surface area contributed by atoms with Crippen molar-refractivity contribution in [1.29, 1.82) is 0 Å². The SMILES string of the molecule is Cc1ccc(S(=O)(=O)N2CCCCC2)cc1C(=O)OC(C)C(=O)NCC1CCCCC1. The first kappa shape index (κ1) is 23.7. The molecule has 0 spiro atoms. The van der Waals surface area contributed by atoms with Crippen LogP contribution in [0.2, 0.25) is 0 Å². The van der Waals surface area contributed by atoms with Crippen molar-refractivity contribution < 1.29 is 22.7 Å². The van der Waals surface area contributed by atoms with E-state index < -0.39 is 22.1 Å². The highest BCUT2D eigenvalue weighted by Crippen LogP contribution is 2.24. The number of sulfonamides is 1. The van der Waals surface area contributed by atoms with E-state index in [4.69, 9.17) is 4.74 Å². The second-order valence-electron chi connectivity index (χ2n) is 8.74. The van der Waals surface area contributed by atoms with Gasteiger partial charge in [-0.25, -0.2) is 13.2 Å². The molecule has 8 heteroatoms. The predicted molar refractivity (Wildman–Crippen MR) is 118 cm³/mol. The van der Waals surface area contributed by atoms with Gasteiger partial charge < -0.3 is 10.1 Å². The first-order valence-corrected chi connectivity index (χ1v) is 12.8. The molecule has 0 aromatic heterocycles. The van der Waals surface area contributed by atoms with E-state index in [1.54, 1.807) is 13.0 Å². The van der Waals surface area contributed by atoms with Crippen LogP contribution in [0.4, 0.5) is 0 Å². The molecular weight excluding hydrogens is 416 g/mol. The third-order valence-electron chi connectivity index (χ3n) is 6.32. The molecule has 172 valence electrons. The molecule has 1 aliphatic heterocycles. The molecule has 1 atom stereocenters. The summed E-state index contributed by atoms with van der Waals surface area (Å²) >= 11 is 0. The number of aryl methyl sites for hydroxylation is 1. The van der Waals surface area contributed by atoms with Crippen molar-refractivity contribution in [3.63, 3.8) is 0 Å². The zero-order chi connectivity index (χ0) is 22.4. The minimum atomic E-state index is -3.65. The number of nitrogens with zero attached hydrogens (tertiary/aromatic N) is 1. The van der Waals surface area contributed by atoms with Crippen molar-refractivity contribution >= 4 is 21.9 Å². The predicted octanol–water partition coefficient (Wildman–Crippen LogP) is 3.41. The second-order valence-corrected chi connectivity index (χ2v) is 10.7. The van der Waals surface area contributed by atoms with Crippen LogP contribution in [0.25, 0.3) is 0 Å². The Hall–Kier alpha value is -1.93. The lowest BCUT2D eigenvalue weighted by atomic mass is 9.89. The number of ether oxygens (including phenoxy) is 1. The molecule has 1 N–H and O–H groups in total. The highest BCUT2D eigenvalue weighted by molar-refractivity contribution is 7.89. The molecule has 1 saturated carbocycles. The van der Waals surface area contributed by atoms with Crippen LogP contribution >= 0.6 is 0 Å². The summed E-state index contributed by atoms with van der Waals surface area (Å²) in [5.74, 6) is -0.526. The quantitative estimate of drug-likeness (QED) is 0.643. The fourth-order valence-electron chi connectivity index (χ4n) is 4.29. The average Bonchev–Trinajstić information content (AvgIpc) is 2.78. The van der Waals surface area contributed by atoms with Gasteiger partial charge in [-0.1, -0.05) is 31.7 Å². The maximum absolute atomic E-state index is 12.9. The summed E-state index contributed by atoms with van der Waals surface area (Å²) in [4.78, 5) is 25.2. The Morgan fingerprint density at radius 3 is 2.42 bits per heavy atom. The fraction of sp³-hybridized carbons (Fsp3) is 0.652. The van der Waals surface area contributed by atoms with Gasteiger partial charge in [0.1, 0.15) is 0 Å². The molecule has 1 amide bonds. The lowest BCUT2D eigenvalue weighted by Crippen LogP contribution is -2.39. The van der Waals surface area contributed by atoms with Crippen LogP contribution in [-0.2, 0) is 19.6 Å². The smallest absolute Gasteiger partial charge is 0.339 e. The van der Waals surface area contributed by atoms with Gasteiger partial charge in [0.15, 0.2) is 6.10 Å². The molecule has 7 nitrogen and oxygen atoms in total. The van der Waals surface area contributed by atoms with Crippen LogP contribution in [0.5, 0.6) is 0 Å². The zero-order valence-electron chi connectivity index (χ0n) is 18.6. The Bertz CT molecular complexity index is 887. The third kappa shape index (κ3) is 6.07. The van der Waals surface area contributed by atoms with E-state index >= 15 is 0 Å². The van der Waals surface area contributed by atoms with Gasteiger partial charge in [0.05, 0.1) is 10.5 Å². The van der Waals surface area contributed by atoms with E-state index in [0.29, 0.717) is 31.1 Å². The molecule has 0 bridgehead atoms. The minimum Gasteiger partial charge on any atom is -0.449 e. The number of carbonyl (C=O) groups excluding carboxylic acids is 2. The first-order chi connectivity index (χ1) is 14.8. The lowest BCUT2D eigenvalue weighted by Gasteiger charge is -2.26. The summed E-state index contributed by atoms with van der Waals surface area (Å²) in [5, 5.41) is 2.88. The van der Waals surface area contributed by atoms with Crippen molar-refractivity contribution in [3.05, 3.63) is 29.3 Å². The van der Waals surface area contributed by atoms with Gasteiger partial charge in [-0.2, -0.15) is 4.31 Å². The summed E-state index contributed by atoms with van der Waals surface area (Å²) in [6.45, 7) is 4.85. The second kappa shape index (κ2) is 10.6. The molecule has 1 aromatic rings. The third-order valence-corrected chi connectivity index (χ3v) is 8.22. The molecule has 2 aliphatic rings. The van der Waals surface area contributed by atoms with Gasteiger partial charge in [0.25, 0.3) is 5.91 Å². The topological polar surface area (TPSA) is 92.8 Å². The Labute approximate surface area is 185 Å². The van der Waals surface area contributed by atoms with Crippen molar-refractivity contribution in [2.75, 3.05) is 19.6 Å². The molecule has 1 aliphatic carbocycles. The average molecular weight is 451 g/mol. The molecule has 31 heavy (non-hydrogen) atoms. The summed E-state index contributed by atoms with van der Waals surface area (Å²) in [5.41, 5.74) is 0.780. The van der Waals surface area contributed by atoms with E-state index in [9.17, 15) is 18.0 Å². The van der Waals surface area contributed by atoms with Gasteiger partial charge in [-0.05, 0) is 63.1 Å². The maximum Gasteiger partial charge on any atom is 0.339 e. The van der Waals surface area contributed by atoms with Gasteiger partial charge >= 0.3 is 5.97 Å². The van der Waals surface area contributed by atoms with Crippen molar-refractivity contribution in [2.45, 2.75) is 76.2 Å². The lowest BCUT2D eigenvalue weighted by molar-refractivity contribution is -0.129. The molecule has 0 radical (unpaired) electrons. The fourth-order valence-corrected chi connectivity index (χ4v) is 5.84. The van der Waals surface area contributed by atoms with Crippen molar-refractivity contribution in [3.8, 4) is 0 Å². The maximum atomic E-state index is 12.9. The first-order valence-electron chi connectivity index (χ1n) is 11.4. The van der Waals surface area contributed by atoms with Crippen LogP contribution in [0.3, 0.4) is 0 Å². The highest BCUT2D eigenvalue weighted by Gasteiger charge is 2.28. The Kier molecular flexibility index (Phi) is 8.11. The largest absolute Gasteiger partial charge is 0.449 e. The monoisotopic (exact) mass is 450 g/mol. The van der Waals surface area contributed by atoms with Crippen LogP contribution in [0.1, 0.15) is 74.2 Å². The zero-order valence-corrected chi connectivity index (χ0v) is 19.4. The number of hydrogen-bond donors (Lipinski definition) is 1. The standard InChI is InChI=1S/C23H34N2O5S/c1-17-11-12-20(31(28,29)25-13-7-4-8-14-25)15-21(17)23(27)30-18(2)22(26)24-16-19-9-5-3-6-10-19/h11-12,15,18-19H,3-10,13-14,16H2,1-2H3,(H,24,26). The Morgan fingerprint density at radius 1 is 1.10 bits per heavy atom. The number of carbonyl (C=O) groups is 2. The van der Waals surface area contributed by atoms with E-state index in [-0.39, 0.29) is 16.4 Å². The molecule has 3 rings (SSSR count). The van der Waals surface area contributed by atoms with Crippen LogP contribution in [-0.4, -0.2) is 50.3 Å². The molecular formula is C23H34N2O5S. The Balaban J connectivity index is 1.63. The number of hydrogen-bond acceptors (Lipinski definition) is 5. The van der Waals surface area contributed by atoms with Gasteiger partial charge in [0.2, 0.25) is 10.0 Å². The van der Waals surface area contributed by atoms with Gasteiger partial charge in [0, 0.05) is 19.6 Å². The normalized spacial score (nSPS) is 19.5. The van der Waals surface area contributed by atoms with E-state index in [2.05, 4.69) is 5.32 Å². The highest BCUT2D eigenvalue weighted by atomic mass is 32.2. The summed E-state index contributed by atoms with van der Waals surface area (Å²) < 4.78 is 32.7. The van der Waals surface area contributed by atoms with E-state index in [1.807, 2.05) is 0 Å². The van der Waals surface area contributed by atoms with Crippen molar-refractivity contribution in [2.24, 2.45) is 5.92 Å². The number of esters is 1. The summed E-state index contributed by atoms with van der Waals surface area (Å²) in [7, 11) is -3.65. The van der Waals surface area contributed by atoms with Crippen LogP contribution in [0, 0.1) is 12.8 Å². The number of nitrogens with one attached hydrogen (secondary N) is 1. The summed E-state index contributed by atoms with van der Waals surface area (Å²) in [6, 6.07) is 4.51. The number of amides is 1. The van der Waals surface area contributed by atoms with Crippen molar-refractivity contribution in [1.82, 2.24) is 9.62 Å².